The number of aromatic amines is 1. The largest absolute Gasteiger partial charge is 0.361 e. The number of aromatic nitrogens is 1. The maximum Gasteiger partial charge on any atom is 0.247 e. The van der Waals surface area contributed by atoms with Gasteiger partial charge in [-0.15, -0.1) is 0 Å². The molecule has 5 N–H and O–H groups in total. The molecule has 1 saturated heterocycles. The van der Waals surface area contributed by atoms with Crippen LogP contribution in [-0.4, -0.2) is 40.4 Å². The first kappa shape index (κ1) is 19.8. The molecule has 0 radical (unpaired) electrons. The molecule has 1 aromatic carbocycles. The second kappa shape index (κ2) is 8.83. The predicted molar refractivity (Wildman–Crippen MR) is 116 cm³/mol. The van der Waals surface area contributed by atoms with Crippen LogP contribution in [0.4, 0.5) is 0 Å². The smallest absolute Gasteiger partial charge is 0.247 e. The molecule has 2 heterocycles. The predicted octanol–water partition coefficient (Wildman–Crippen LogP) is 2.99. The van der Waals surface area contributed by atoms with Crippen molar-refractivity contribution < 1.29 is 9.59 Å². The summed E-state index contributed by atoms with van der Waals surface area (Å²) >= 11 is 6.97. The average molecular weight is 520 g/mol. The molecule has 10 heteroatoms. The van der Waals surface area contributed by atoms with Gasteiger partial charge in [-0.1, -0.05) is 21.6 Å². The number of carbonyl (C=O) groups is 2. The van der Waals surface area contributed by atoms with Gasteiger partial charge in [-0.2, -0.15) is 0 Å². The van der Waals surface area contributed by atoms with Gasteiger partial charge in [0.05, 0.1) is 6.04 Å². The van der Waals surface area contributed by atoms with E-state index in [2.05, 4.69) is 47.5 Å². The van der Waals surface area contributed by atoms with E-state index in [0.29, 0.717) is 11.5 Å². The average Bonchev–Trinajstić information content (AvgIpc) is 2.98. The Balaban J connectivity index is 1.67. The molecule has 1 aromatic heterocycles. The van der Waals surface area contributed by atoms with Crippen LogP contribution < -0.4 is 16.4 Å². The van der Waals surface area contributed by atoms with Crippen molar-refractivity contribution >= 4 is 82.2 Å². The van der Waals surface area contributed by atoms with Crippen molar-refractivity contribution in [1.29, 1.82) is 0 Å². The molecule has 3 rings (SSSR count). The van der Waals surface area contributed by atoms with E-state index in [-0.39, 0.29) is 11.8 Å². The fourth-order valence-electron chi connectivity index (χ4n) is 2.37. The molecule has 26 heavy (non-hydrogen) atoms. The number of hydrogen-bond donors (Lipinski definition) is 4. The van der Waals surface area contributed by atoms with Crippen molar-refractivity contribution in [3.8, 4) is 0 Å². The summed E-state index contributed by atoms with van der Waals surface area (Å²) in [5.74, 6) is 0.475. The second-order valence-corrected chi connectivity index (χ2v) is 9.90. The van der Waals surface area contributed by atoms with Crippen LogP contribution in [0.5, 0.6) is 0 Å². The molecule has 0 bridgehead atoms. The zero-order valence-electron chi connectivity index (χ0n) is 13.4. The number of nitrogens with two attached hydrogens (primary N) is 1. The Kier molecular flexibility index (Phi) is 6.73. The van der Waals surface area contributed by atoms with Crippen LogP contribution in [0, 0.1) is 0 Å². The van der Waals surface area contributed by atoms with Crippen molar-refractivity contribution in [2.24, 2.45) is 5.73 Å². The minimum atomic E-state index is -0.607. The first-order chi connectivity index (χ1) is 12.5. The molecule has 0 saturated carbocycles. The third kappa shape index (κ3) is 4.66. The molecule has 1 aliphatic rings. The minimum Gasteiger partial charge on any atom is -0.361 e. The van der Waals surface area contributed by atoms with Gasteiger partial charge in [-0.05, 0) is 50.1 Å². The van der Waals surface area contributed by atoms with Gasteiger partial charge in [-0.3, -0.25) is 9.59 Å². The van der Waals surface area contributed by atoms with E-state index in [1.807, 2.05) is 24.4 Å². The third-order valence-electron chi connectivity index (χ3n) is 3.78. The van der Waals surface area contributed by atoms with Crippen LogP contribution in [-0.2, 0) is 9.59 Å². The van der Waals surface area contributed by atoms with Gasteiger partial charge in [-0.25, -0.2) is 0 Å². The number of H-pyrrole nitrogens is 1. The SMILES string of the molecule is N[C@H]1CSSC[C@@H](C(=O)NC=Cc2c[nH]c3cc(Br)c(Br)cc23)NC1=O. The van der Waals surface area contributed by atoms with Gasteiger partial charge >= 0.3 is 0 Å². The Morgan fingerprint density at radius 1 is 1.27 bits per heavy atom. The molecule has 1 fully saturated rings. The number of fused-ring (bicyclic) bond motifs is 1. The highest BCUT2D eigenvalue weighted by Crippen LogP contribution is 2.30. The van der Waals surface area contributed by atoms with Crippen LogP contribution in [0.25, 0.3) is 17.0 Å². The van der Waals surface area contributed by atoms with Crippen molar-refractivity contribution in [2.45, 2.75) is 12.1 Å². The highest BCUT2D eigenvalue weighted by molar-refractivity contribution is 9.13. The van der Waals surface area contributed by atoms with Gasteiger partial charge < -0.3 is 21.4 Å². The van der Waals surface area contributed by atoms with Crippen molar-refractivity contribution in [2.75, 3.05) is 11.5 Å². The van der Waals surface area contributed by atoms with Crippen molar-refractivity contribution in [1.82, 2.24) is 15.6 Å². The third-order valence-corrected chi connectivity index (χ3v) is 8.07. The molecule has 1 aliphatic heterocycles. The van der Waals surface area contributed by atoms with Gasteiger partial charge in [0.1, 0.15) is 6.04 Å². The van der Waals surface area contributed by atoms with Crippen LogP contribution >= 0.6 is 53.4 Å². The highest BCUT2D eigenvalue weighted by atomic mass is 79.9. The van der Waals surface area contributed by atoms with Gasteiger partial charge in [0.15, 0.2) is 0 Å². The number of hydrogen-bond acceptors (Lipinski definition) is 5. The van der Waals surface area contributed by atoms with E-state index in [1.54, 1.807) is 6.20 Å². The second-order valence-electron chi connectivity index (χ2n) is 5.63. The topological polar surface area (TPSA) is 100 Å². The van der Waals surface area contributed by atoms with E-state index in [4.69, 9.17) is 5.73 Å². The normalized spacial score (nSPS) is 21.4. The van der Waals surface area contributed by atoms with Crippen LogP contribution in [0.3, 0.4) is 0 Å². The highest BCUT2D eigenvalue weighted by Gasteiger charge is 2.26. The molecule has 2 aromatic rings. The quantitative estimate of drug-likeness (QED) is 0.467. The molecule has 138 valence electrons. The molecule has 2 amide bonds. The standard InChI is InChI=1S/C16H16Br2N4O2S2/c17-10-3-9-8(5-21-13(9)4-11(10)18)1-2-20-16(24)14-7-26-25-6-12(19)15(23)22-14/h1-5,12,14,21H,6-7,19H2,(H,20,24)(H,22,23)/t12-,14-/m0/s1. The number of benzene rings is 1. The van der Waals surface area contributed by atoms with E-state index >= 15 is 0 Å². The van der Waals surface area contributed by atoms with Gasteiger partial charge in [0.25, 0.3) is 0 Å². The Bertz CT molecular complexity index is 871. The summed E-state index contributed by atoms with van der Waals surface area (Å²) in [5, 5.41) is 6.46. The van der Waals surface area contributed by atoms with Crippen LogP contribution in [0.15, 0.2) is 33.5 Å². The van der Waals surface area contributed by atoms with Gasteiger partial charge in [0, 0.05) is 49.3 Å². The van der Waals surface area contributed by atoms with Crippen molar-refractivity contribution in [3.63, 3.8) is 0 Å². The molecular formula is C16H16Br2N4O2S2. The summed E-state index contributed by atoms with van der Waals surface area (Å²) in [5.41, 5.74) is 7.68. The number of halogens is 2. The van der Waals surface area contributed by atoms with Crippen LogP contribution in [0.2, 0.25) is 0 Å². The summed E-state index contributed by atoms with van der Waals surface area (Å²) in [7, 11) is 3.04. The lowest BCUT2D eigenvalue weighted by Gasteiger charge is -2.22. The number of amides is 2. The zero-order chi connectivity index (χ0) is 18.7. The lowest BCUT2D eigenvalue weighted by Crippen LogP contribution is -2.53. The lowest BCUT2D eigenvalue weighted by molar-refractivity contribution is -0.128. The maximum absolute atomic E-state index is 12.3. The van der Waals surface area contributed by atoms with Crippen molar-refractivity contribution in [3.05, 3.63) is 39.0 Å². The fraction of sp³-hybridized carbons (Fsp3) is 0.250. The Hall–Kier alpha value is -0.940. The molecule has 0 aliphatic carbocycles. The van der Waals surface area contributed by atoms with Crippen LogP contribution in [0.1, 0.15) is 5.56 Å². The minimum absolute atomic E-state index is 0.263. The van der Waals surface area contributed by atoms with Gasteiger partial charge in [0.2, 0.25) is 11.8 Å². The summed E-state index contributed by atoms with van der Waals surface area (Å²) in [6, 6.07) is 2.78. The summed E-state index contributed by atoms with van der Waals surface area (Å²) < 4.78 is 1.91. The molecule has 0 spiro atoms. The molecule has 0 unspecified atom stereocenters. The summed E-state index contributed by atoms with van der Waals surface area (Å²) in [6.07, 6.45) is 5.27. The number of nitrogens with one attached hydrogen (secondary N) is 3. The monoisotopic (exact) mass is 518 g/mol. The molecular weight excluding hydrogens is 504 g/mol. The summed E-state index contributed by atoms with van der Waals surface area (Å²) in [4.78, 5) is 27.4. The first-order valence-corrected chi connectivity index (χ1v) is 11.8. The summed E-state index contributed by atoms with van der Waals surface area (Å²) in [6.45, 7) is 0. The zero-order valence-corrected chi connectivity index (χ0v) is 18.2. The molecule has 2 atom stereocenters. The van der Waals surface area contributed by atoms with E-state index < -0.39 is 12.1 Å². The maximum atomic E-state index is 12.3. The number of rotatable bonds is 3. The molecule has 6 nitrogen and oxygen atoms in total. The Morgan fingerprint density at radius 3 is 2.81 bits per heavy atom. The number of carbonyl (C=O) groups excluding carboxylic acids is 2. The van der Waals surface area contributed by atoms with E-state index in [9.17, 15) is 9.59 Å². The lowest BCUT2D eigenvalue weighted by atomic mass is 10.2. The fourth-order valence-corrected chi connectivity index (χ4v) is 5.34. The first-order valence-electron chi connectivity index (χ1n) is 7.69. The van der Waals surface area contributed by atoms with E-state index in [0.717, 1.165) is 25.4 Å². The Labute approximate surface area is 175 Å². The van der Waals surface area contributed by atoms with E-state index in [1.165, 1.54) is 21.6 Å². The Morgan fingerprint density at radius 2 is 2.00 bits per heavy atom.